The second-order valence-electron chi connectivity index (χ2n) is 8.42. The fourth-order valence-corrected chi connectivity index (χ4v) is 4.17. The molecule has 35 heavy (non-hydrogen) atoms. The van der Waals surface area contributed by atoms with Gasteiger partial charge in [-0.25, -0.2) is 18.7 Å². The van der Waals surface area contributed by atoms with E-state index in [0.29, 0.717) is 24.6 Å². The van der Waals surface area contributed by atoms with Crippen LogP contribution in [0.4, 0.5) is 26.0 Å². The van der Waals surface area contributed by atoms with E-state index in [9.17, 15) is 13.6 Å². The fourth-order valence-electron chi connectivity index (χ4n) is 4.17. The molecule has 10 heteroatoms. The summed E-state index contributed by atoms with van der Waals surface area (Å²) in [6.07, 6.45) is 1.29. The molecule has 1 saturated heterocycles. The number of amides is 1. The largest absolute Gasteiger partial charge is 0.436 e. The number of H-pyrrole nitrogens is 1. The van der Waals surface area contributed by atoms with Crippen molar-refractivity contribution in [2.24, 2.45) is 0 Å². The summed E-state index contributed by atoms with van der Waals surface area (Å²) < 4.78 is 34.8. The van der Waals surface area contributed by atoms with Gasteiger partial charge in [-0.15, -0.1) is 0 Å². The van der Waals surface area contributed by atoms with E-state index in [0.717, 1.165) is 30.5 Å². The van der Waals surface area contributed by atoms with Gasteiger partial charge in [0.1, 0.15) is 12.1 Å². The van der Waals surface area contributed by atoms with Gasteiger partial charge in [0, 0.05) is 67.7 Å². The van der Waals surface area contributed by atoms with Gasteiger partial charge in [-0.05, 0) is 37.3 Å². The number of fused-ring (bicyclic) bond motifs is 1. The molecule has 2 N–H and O–H groups in total. The molecule has 0 unspecified atom stereocenters. The second-order valence-corrected chi connectivity index (χ2v) is 8.42. The van der Waals surface area contributed by atoms with Crippen molar-refractivity contribution in [3.63, 3.8) is 0 Å². The van der Waals surface area contributed by atoms with Crippen LogP contribution < -0.4 is 15.0 Å². The fraction of sp³-hybridized carbons (Fsp3) is 0.240. The van der Waals surface area contributed by atoms with Crippen LogP contribution in [0.25, 0.3) is 10.9 Å². The number of aromatic nitrogens is 3. The molecule has 0 bridgehead atoms. The van der Waals surface area contributed by atoms with E-state index in [2.05, 4.69) is 25.2 Å². The van der Waals surface area contributed by atoms with Gasteiger partial charge < -0.3 is 24.8 Å². The number of hydrogen-bond donors (Lipinski definition) is 2. The number of carbonyl (C=O) groups excluding carboxylic acids is 1. The van der Waals surface area contributed by atoms with Crippen molar-refractivity contribution >= 4 is 34.0 Å². The Morgan fingerprint density at radius 3 is 2.51 bits per heavy atom. The van der Waals surface area contributed by atoms with Gasteiger partial charge in [0.2, 0.25) is 11.8 Å². The molecule has 2 aromatic heterocycles. The van der Waals surface area contributed by atoms with E-state index in [1.165, 1.54) is 18.5 Å². The van der Waals surface area contributed by atoms with E-state index in [4.69, 9.17) is 4.74 Å². The average molecular weight is 479 g/mol. The number of nitrogens with zero attached hydrogens (tertiary/aromatic N) is 4. The summed E-state index contributed by atoms with van der Waals surface area (Å²) in [6.45, 7) is 6.30. The predicted octanol–water partition coefficient (Wildman–Crippen LogP) is 4.75. The minimum absolute atomic E-state index is 0.0763. The van der Waals surface area contributed by atoms with Gasteiger partial charge in [0.15, 0.2) is 17.4 Å². The van der Waals surface area contributed by atoms with E-state index < -0.39 is 11.6 Å². The molecule has 0 saturated carbocycles. The summed E-state index contributed by atoms with van der Waals surface area (Å²) in [7, 11) is 0. The standard InChI is InChI=1S/C25H24F2N6O2/c1-15-11-19-24(27)21(12-20(26)25(19)30-15)35-23-13-22(28-14-29-23)31-17-3-5-18(6-4-17)33-9-7-32(8-10-33)16(2)34/h3-6,11-14,30H,7-10H2,1-2H3,(H,28,29,31). The van der Waals surface area contributed by atoms with E-state index in [1.807, 2.05) is 29.2 Å². The average Bonchev–Trinajstić information content (AvgIpc) is 3.26. The first-order valence-electron chi connectivity index (χ1n) is 11.2. The summed E-state index contributed by atoms with van der Waals surface area (Å²) in [6, 6.07) is 11.9. The Hall–Kier alpha value is -4.21. The molecular formula is C25H24F2N6O2. The first-order valence-corrected chi connectivity index (χ1v) is 11.2. The Kier molecular flexibility index (Phi) is 5.94. The molecule has 1 aliphatic rings. The van der Waals surface area contributed by atoms with Gasteiger partial charge >= 0.3 is 0 Å². The van der Waals surface area contributed by atoms with Crippen LogP contribution in [0.2, 0.25) is 0 Å². The molecule has 5 rings (SSSR count). The molecule has 0 atom stereocenters. The first-order chi connectivity index (χ1) is 16.9. The first kappa shape index (κ1) is 22.6. The number of aromatic amines is 1. The Labute approximate surface area is 200 Å². The molecule has 0 spiro atoms. The van der Waals surface area contributed by atoms with Crippen molar-refractivity contribution in [2.75, 3.05) is 36.4 Å². The number of nitrogens with one attached hydrogen (secondary N) is 2. The van der Waals surface area contributed by atoms with Crippen LogP contribution in [0.1, 0.15) is 12.6 Å². The highest BCUT2D eigenvalue weighted by Gasteiger charge is 2.19. The molecule has 3 heterocycles. The smallest absolute Gasteiger partial charge is 0.224 e. The van der Waals surface area contributed by atoms with E-state index in [-0.39, 0.29) is 28.4 Å². The summed E-state index contributed by atoms with van der Waals surface area (Å²) in [5.41, 5.74) is 2.61. The highest BCUT2D eigenvalue weighted by atomic mass is 19.1. The number of hydrogen-bond acceptors (Lipinski definition) is 6. The number of ether oxygens (including phenoxy) is 1. The van der Waals surface area contributed by atoms with Gasteiger partial charge in [-0.3, -0.25) is 4.79 Å². The SMILES string of the molecule is CC(=O)N1CCN(c2ccc(Nc3cc(Oc4cc(F)c5[nH]c(C)cc5c4F)ncn3)cc2)CC1. The van der Waals surface area contributed by atoms with Crippen LogP contribution in [0.5, 0.6) is 11.6 Å². The maximum absolute atomic E-state index is 14.9. The summed E-state index contributed by atoms with van der Waals surface area (Å²) in [5.74, 6) is -0.916. The lowest BCUT2D eigenvalue weighted by Gasteiger charge is -2.35. The Morgan fingerprint density at radius 2 is 1.80 bits per heavy atom. The lowest BCUT2D eigenvalue weighted by molar-refractivity contribution is -0.129. The molecule has 4 aromatic rings. The number of halogens is 2. The molecular weight excluding hydrogens is 454 g/mol. The lowest BCUT2D eigenvalue weighted by Crippen LogP contribution is -2.48. The minimum atomic E-state index is -0.668. The number of carbonyl (C=O) groups is 1. The summed E-state index contributed by atoms with van der Waals surface area (Å²) in [5, 5.41) is 3.28. The normalized spacial score (nSPS) is 13.8. The number of benzene rings is 2. The quantitative estimate of drug-likeness (QED) is 0.431. The van der Waals surface area contributed by atoms with Gasteiger partial charge in [0.05, 0.1) is 5.52 Å². The van der Waals surface area contributed by atoms with Crippen molar-refractivity contribution < 1.29 is 18.3 Å². The van der Waals surface area contributed by atoms with E-state index in [1.54, 1.807) is 13.8 Å². The topological polar surface area (TPSA) is 86.4 Å². The number of aryl methyl sites for hydroxylation is 1. The molecule has 1 aliphatic heterocycles. The van der Waals surface area contributed by atoms with Crippen LogP contribution in [-0.2, 0) is 4.79 Å². The van der Waals surface area contributed by atoms with Crippen molar-refractivity contribution in [1.82, 2.24) is 19.9 Å². The van der Waals surface area contributed by atoms with Crippen molar-refractivity contribution in [2.45, 2.75) is 13.8 Å². The van der Waals surface area contributed by atoms with Crippen LogP contribution >= 0.6 is 0 Å². The van der Waals surface area contributed by atoms with E-state index >= 15 is 0 Å². The molecule has 2 aromatic carbocycles. The number of anilines is 3. The molecule has 1 fully saturated rings. The zero-order chi connectivity index (χ0) is 24.5. The zero-order valence-electron chi connectivity index (χ0n) is 19.3. The third kappa shape index (κ3) is 4.72. The predicted molar refractivity (Wildman–Crippen MR) is 129 cm³/mol. The number of piperazine rings is 1. The molecule has 1 amide bonds. The number of rotatable bonds is 5. The highest BCUT2D eigenvalue weighted by Crippen LogP contribution is 2.32. The van der Waals surface area contributed by atoms with Gasteiger partial charge in [0.25, 0.3) is 0 Å². The third-order valence-corrected chi connectivity index (χ3v) is 5.99. The Balaban J connectivity index is 1.27. The highest BCUT2D eigenvalue weighted by molar-refractivity contribution is 5.83. The second kappa shape index (κ2) is 9.21. The van der Waals surface area contributed by atoms with Crippen molar-refractivity contribution in [3.8, 4) is 11.6 Å². The molecule has 0 radical (unpaired) electrons. The lowest BCUT2D eigenvalue weighted by atomic mass is 10.2. The maximum Gasteiger partial charge on any atom is 0.224 e. The summed E-state index contributed by atoms with van der Waals surface area (Å²) in [4.78, 5) is 26.6. The van der Waals surface area contributed by atoms with Gasteiger partial charge in [-0.2, -0.15) is 0 Å². The summed E-state index contributed by atoms with van der Waals surface area (Å²) >= 11 is 0. The monoisotopic (exact) mass is 478 g/mol. The Morgan fingerprint density at radius 1 is 1.06 bits per heavy atom. The van der Waals surface area contributed by atoms with Crippen molar-refractivity contribution in [3.05, 3.63) is 66.1 Å². The molecule has 0 aliphatic carbocycles. The van der Waals surface area contributed by atoms with Crippen LogP contribution in [-0.4, -0.2) is 51.9 Å². The third-order valence-electron chi connectivity index (χ3n) is 5.99. The molecule has 8 nitrogen and oxygen atoms in total. The zero-order valence-corrected chi connectivity index (χ0v) is 19.3. The minimum Gasteiger partial charge on any atom is -0.436 e. The Bertz CT molecular complexity index is 1380. The van der Waals surface area contributed by atoms with Crippen LogP contribution in [0, 0.1) is 18.6 Å². The van der Waals surface area contributed by atoms with Crippen LogP contribution in [0.3, 0.4) is 0 Å². The molecule has 180 valence electrons. The van der Waals surface area contributed by atoms with Crippen LogP contribution in [0.15, 0.2) is 48.8 Å². The maximum atomic E-state index is 14.9. The van der Waals surface area contributed by atoms with Gasteiger partial charge in [-0.1, -0.05) is 0 Å². The van der Waals surface area contributed by atoms with Crippen molar-refractivity contribution in [1.29, 1.82) is 0 Å².